The van der Waals surface area contributed by atoms with Gasteiger partial charge in [0.1, 0.15) is 10.6 Å². The summed E-state index contributed by atoms with van der Waals surface area (Å²) < 4.78 is 29.6. The van der Waals surface area contributed by atoms with E-state index >= 15 is 0 Å². The summed E-state index contributed by atoms with van der Waals surface area (Å²) in [6, 6.07) is 1.33. The predicted molar refractivity (Wildman–Crippen MR) is 72.8 cm³/mol. The van der Waals surface area contributed by atoms with Crippen molar-refractivity contribution in [2.75, 3.05) is 20.2 Å². The summed E-state index contributed by atoms with van der Waals surface area (Å²) in [4.78, 5) is 14.1. The molecule has 1 unspecified atom stereocenters. The van der Waals surface area contributed by atoms with Crippen LogP contribution in [0.25, 0.3) is 0 Å². The quantitative estimate of drug-likeness (QED) is 0.848. The fourth-order valence-corrected chi connectivity index (χ4v) is 2.90. The summed E-state index contributed by atoms with van der Waals surface area (Å²) >= 11 is 0. The maximum Gasteiger partial charge on any atom is 0.270 e. The third-order valence-corrected chi connectivity index (χ3v) is 4.41. The van der Waals surface area contributed by atoms with Gasteiger partial charge in [-0.1, -0.05) is 0 Å². The lowest BCUT2D eigenvalue weighted by Crippen LogP contribution is -2.31. The number of aryl methyl sites for hydroxylation is 1. The average Bonchev–Trinajstić information content (AvgIpc) is 3.03. The fraction of sp³-hybridized carbons (Fsp3) is 0.583. The van der Waals surface area contributed by atoms with E-state index in [-0.39, 0.29) is 16.9 Å². The van der Waals surface area contributed by atoms with Crippen molar-refractivity contribution in [1.82, 2.24) is 9.47 Å². The van der Waals surface area contributed by atoms with Gasteiger partial charge in [-0.3, -0.25) is 4.79 Å². The van der Waals surface area contributed by atoms with E-state index in [4.69, 9.17) is 9.88 Å². The number of nitrogens with zero attached hydrogens (tertiary/aromatic N) is 2. The Morgan fingerprint density at radius 1 is 1.55 bits per heavy atom. The van der Waals surface area contributed by atoms with E-state index in [2.05, 4.69) is 0 Å². The molecule has 1 atom stereocenters. The molecule has 8 heteroatoms. The largest absolute Gasteiger partial charge is 0.380 e. The number of nitrogens with two attached hydrogens (primary N) is 1. The number of ether oxygens (including phenoxy) is 1. The molecule has 1 aliphatic rings. The standard InChI is InChI=1S/C12H19N3O4S/c1-3-14-8-10(20(13,17)18)6-11(14)12(16)15-5-4-9(7-15)19-2/h6,8-9H,3-5,7H2,1-2H3,(H2,13,17,18). The topological polar surface area (TPSA) is 94.6 Å². The van der Waals surface area contributed by atoms with Gasteiger partial charge in [0.15, 0.2) is 0 Å². The van der Waals surface area contributed by atoms with Crippen molar-refractivity contribution in [3.05, 3.63) is 18.0 Å². The van der Waals surface area contributed by atoms with Gasteiger partial charge in [-0.25, -0.2) is 13.6 Å². The molecular formula is C12H19N3O4S. The molecule has 0 saturated carbocycles. The van der Waals surface area contributed by atoms with Gasteiger partial charge >= 0.3 is 0 Å². The number of aromatic nitrogens is 1. The summed E-state index contributed by atoms with van der Waals surface area (Å²) in [5.74, 6) is -0.193. The Labute approximate surface area is 118 Å². The van der Waals surface area contributed by atoms with Crippen LogP contribution < -0.4 is 5.14 Å². The van der Waals surface area contributed by atoms with Crippen molar-refractivity contribution in [3.8, 4) is 0 Å². The molecule has 2 rings (SSSR count). The molecule has 0 bridgehead atoms. The molecule has 112 valence electrons. The number of carbonyl (C=O) groups excluding carboxylic acids is 1. The molecule has 0 aromatic carbocycles. The summed E-state index contributed by atoms with van der Waals surface area (Å²) in [6.07, 6.45) is 2.23. The van der Waals surface area contributed by atoms with Crippen molar-refractivity contribution < 1.29 is 17.9 Å². The highest BCUT2D eigenvalue weighted by atomic mass is 32.2. The van der Waals surface area contributed by atoms with Crippen LogP contribution in [0.5, 0.6) is 0 Å². The van der Waals surface area contributed by atoms with Gasteiger partial charge in [0.05, 0.1) is 6.10 Å². The zero-order chi connectivity index (χ0) is 14.9. The molecule has 1 aromatic heterocycles. The molecule has 1 fully saturated rings. The summed E-state index contributed by atoms with van der Waals surface area (Å²) in [5, 5.41) is 5.10. The van der Waals surface area contributed by atoms with E-state index in [9.17, 15) is 13.2 Å². The van der Waals surface area contributed by atoms with Crippen molar-refractivity contribution in [2.24, 2.45) is 5.14 Å². The summed E-state index contributed by atoms with van der Waals surface area (Å²) in [6.45, 7) is 3.47. The normalized spacial score (nSPS) is 19.6. The molecule has 1 aliphatic heterocycles. The third-order valence-electron chi connectivity index (χ3n) is 3.53. The fourth-order valence-electron chi connectivity index (χ4n) is 2.35. The van der Waals surface area contributed by atoms with Crippen LogP contribution in [0.15, 0.2) is 17.2 Å². The van der Waals surface area contributed by atoms with Crippen molar-refractivity contribution in [1.29, 1.82) is 0 Å². The van der Waals surface area contributed by atoms with E-state index in [1.165, 1.54) is 12.3 Å². The lowest BCUT2D eigenvalue weighted by Gasteiger charge is -2.17. The lowest BCUT2D eigenvalue weighted by molar-refractivity contribution is 0.0714. The van der Waals surface area contributed by atoms with Gasteiger partial charge in [0, 0.05) is 32.9 Å². The Morgan fingerprint density at radius 2 is 2.25 bits per heavy atom. The smallest absolute Gasteiger partial charge is 0.270 e. The van der Waals surface area contributed by atoms with Crippen LogP contribution in [0.2, 0.25) is 0 Å². The first-order valence-electron chi connectivity index (χ1n) is 6.41. The molecule has 1 saturated heterocycles. The highest BCUT2D eigenvalue weighted by Gasteiger charge is 2.29. The number of amides is 1. The van der Waals surface area contributed by atoms with E-state index in [1.807, 2.05) is 6.92 Å². The van der Waals surface area contributed by atoms with Gasteiger partial charge in [0.2, 0.25) is 10.0 Å². The predicted octanol–water partition coefficient (Wildman–Crippen LogP) is 0.0163. The van der Waals surface area contributed by atoms with Gasteiger partial charge in [-0.05, 0) is 19.4 Å². The number of primary sulfonamides is 1. The van der Waals surface area contributed by atoms with Crippen LogP contribution >= 0.6 is 0 Å². The number of hydrogen-bond donors (Lipinski definition) is 1. The molecule has 7 nitrogen and oxygen atoms in total. The number of rotatable bonds is 4. The Balaban J connectivity index is 2.28. The molecule has 0 aliphatic carbocycles. The minimum absolute atomic E-state index is 0.0369. The molecule has 1 amide bonds. The van der Waals surface area contributed by atoms with E-state index in [0.717, 1.165) is 6.42 Å². The second-order valence-corrected chi connectivity index (χ2v) is 6.35. The van der Waals surface area contributed by atoms with Crippen LogP contribution in [0.4, 0.5) is 0 Å². The minimum Gasteiger partial charge on any atom is -0.380 e. The van der Waals surface area contributed by atoms with Gasteiger partial charge in [-0.15, -0.1) is 0 Å². The number of carbonyl (C=O) groups is 1. The third kappa shape index (κ3) is 2.87. The molecule has 0 radical (unpaired) electrons. The van der Waals surface area contributed by atoms with Crippen LogP contribution in [0.1, 0.15) is 23.8 Å². The second-order valence-electron chi connectivity index (χ2n) is 4.79. The Morgan fingerprint density at radius 3 is 2.75 bits per heavy atom. The molecular weight excluding hydrogens is 282 g/mol. The Hall–Kier alpha value is -1.38. The van der Waals surface area contributed by atoms with Gasteiger partial charge < -0.3 is 14.2 Å². The average molecular weight is 301 g/mol. The van der Waals surface area contributed by atoms with Crippen molar-refractivity contribution >= 4 is 15.9 Å². The number of likely N-dealkylation sites (tertiary alicyclic amines) is 1. The lowest BCUT2D eigenvalue weighted by atomic mass is 10.3. The summed E-state index contributed by atoms with van der Waals surface area (Å²) in [7, 11) is -2.19. The van der Waals surface area contributed by atoms with Crippen molar-refractivity contribution in [2.45, 2.75) is 30.9 Å². The number of sulfonamides is 1. The Kier molecular flexibility index (Phi) is 4.17. The SMILES string of the molecule is CCn1cc(S(N)(=O)=O)cc1C(=O)N1CCC(OC)C1. The summed E-state index contributed by atoms with van der Waals surface area (Å²) in [5.41, 5.74) is 0.341. The molecule has 1 aromatic rings. The molecule has 0 spiro atoms. The Bertz CT molecular complexity index is 608. The first-order chi connectivity index (χ1) is 9.36. The maximum atomic E-state index is 12.4. The van der Waals surface area contributed by atoms with Crippen LogP contribution in [-0.4, -0.2) is 50.1 Å². The number of hydrogen-bond acceptors (Lipinski definition) is 4. The molecule has 2 N–H and O–H groups in total. The van der Waals surface area contributed by atoms with Gasteiger partial charge in [0.25, 0.3) is 5.91 Å². The monoisotopic (exact) mass is 301 g/mol. The zero-order valence-corrected chi connectivity index (χ0v) is 12.4. The first kappa shape index (κ1) is 15.0. The highest BCUT2D eigenvalue weighted by Crippen LogP contribution is 2.19. The van der Waals surface area contributed by atoms with E-state index in [0.29, 0.717) is 25.3 Å². The minimum atomic E-state index is -3.80. The van der Waals surface area contributed by atoms with E-state index in [1.54, 1.807) is 16.6 Å². The van der Waals surface area contributed by atoms with Crippen LogP contribution in [0.3, 0.4) is 0 Å². The second kappa shape index (κ2) is 5.55. The molecule has 2 heterocycles. The van der Waals surface area contributed by atoms with Crippen LogP contribution in [0, 0.1) is 0 Å². The first-order valence-corrected chi connectivity index (χ1v) is 7.96. The highest BCUT2D eigenvalue weighted by molar-refractivity contribution is 7.89. The van der Waals surface area contributed by atoms with Crippen LogP contribution in [-0.2, 0) is 21.3 Å². The maximum absolute atomic E-state index is 12.4. The zero-order valence-electron chi connectivity index (χ0n) is 11.6. The number of methoxy groups -OCH3 is 1. The van der Waals surface area contributed by atoms with E-state index < -0.39 is 10.0 Å². The molecule has 20 heavy (non-hydrogen) atoms. The van der Waals surface area contributed by atoms with Gasteiger partial charge in [-0.2, -0.15) is 0 Å². The van der Waals surface area contributed by atoms with Crippen molar-refractivity contribution in [3.63, 3.8) is 0 Å².